The largest absolute Gasteiger partial charge is 0.339 e. The predicted molar refractivity (Wildman–Crippen MR) is 70.4 cm³/mol. The van der Waals surface area contributed by atoms with Crippen LogP contribution in [0.15, 0.2) is 35.4 Å². The van der Waals surface area contributed by atoms with Gasteiger partial charge in [-0.15, -0.1) is 0 Å². The van der Waals surface area contributed by atoms with Crippen molar-refractivity contribution in [1.29, 1.82) is 0 Å². The molecule has 0 amide bonds. The number of imidazole rings is 1. The van der Waals surface area contributed by atoms with Crippen LogP contribution in [0.3, 0.4) is 0 Å². The van der Waals surface area contributed by atoms with Gasteiger partial charge in [-0.1, -0.05) is 12.1 Å². The van der Waals surface area contributed by atoms with E-state index in [2.05, 4.69) is 19.9 Å². The number of H-pyrrole nitrogens is 2. The van der Waals surface area contributed by atoms with Crippen LogP contribution in [0.2, 0.25) is 0 Å². The average Bonchev–Trinajstić information content (AvgIpc) is 2.88. The van der Waals surface area contributed by atoms with E-state index in [-0.39, 0.29) is 11.2 Å². The first-order valence-electron chi connectivity index (χ1n) is 5.79. The van der Waals surface area contributed by atoms with Gasteiger partial charge in [-0.05, 0) is 5.56 Å². The molecule has 0 saturated carbocycles. The van der Waals surface area contributed by atoms with Gasteiger partial charge in [0.2, 0.25) is 0 Å². The fourth-order valence-electron chi connectivity index (χ4n) is 1.91. The standard InChI is InChI=1S/C12H9N5O3/c18-12-10-11(14-6-13-10)15-9(16-12)5-7-1-3-8(4-2-7)17(19)20/h1-4,6H,5H2,(H2,13,14,15,16,18). The number of hydrogen-bond donors (Lipinski definition) is 2. The summed E-state index contributed by atoms with van der Waals surface area (Å²) in [5.41, 5.74) is 1.24. The van der Waals surface area contributed by atoms with Crippen LogP contribution >= 0.6 is 0 Å². The third-order valence-electron chi connectivity index (χ3n) is 2.87. The molecule has 100 valence electrons. The maximum atomic E-state index is 11.7. The Labute approximate surface area is 111 Å². The van der Waals surface area contributed by atoms with E-state index in [1.807, 2.05) is 0 Å². The van der Waals surface area contributed by atoms with Crippen LogP contribution in [0.4, 0.5) is 5.69 Å². The topological polar surface area (TPSA) is 118 Å². The van der Waals surface area contributed by atoms with E-state index < -0.39 is 4.92 Å². The van der Waals surface area contributed by atoms with E-state index in [0.29, 0.717) is 23.4 Å². The Hall–Kier alpha value is -3.03. The SMILES string of the molecule is O=c1nc(Cc2ccc([N+](=O)[O-])cc2)[nH]c2nc[nH]c12. The molecule has 2 heterocycles. The van der Waals surface area contributed by atoms with Crippen molar-refractivity contribution in [3.63, 3.8) is 0 Å². The zero-order valence-corrected chi connectivity index (χ0v) is 10.2. The molecule has 0 radical (unpaired) electrons. The zero-order chi connectivity index (χ0) is 14.1. The number of benzene rings is 1. The average molecular weight is 271 g/mol. The minimum absolute atomic E-state index is 0.0259. The highest BCUT2D eigenvalue weighted by Crippen LogP contribution is 2.13. The Morgan fingerprint density at radius 2 is 2.00 bits per heavy atom. The molecule has 0 spiro atoms. The van der Waals surface area contributed by atoms with Crippen molar-refractivity contribution >= 4 is 16.9 Å². The summed E-state index contributed by atoms with van der Waals surface area (Å²) in [5, 5.41) is 10.6. The number of nitrogens with zero attached hydrogens (tertiary/aromatic N) is 3. The fourth-order valence-corrected chi connectivity index (χ4v) is 1.91. The summed E-state index contributed by atoms with van der Waals surface area (Å²) in [6.45, 7) is 0. The normalized spacial score (nSPS) is 10.8. The van der Waals surface area contributed by atoms with Crippen molar-refractivity contribution in [3.8, 4) is 0 Å². The Balaban J connectivity index is 1.92. The first-order chi connectivity index (χ1) is 9.63. The molecule has 0 aliphatic heterocycles. The summed E-state index contributed by atoms with van der Waals surface area (Å²) in [6, 6.07) is 6.10. The predicted octanol–water partition coefficient (Wildman–Crippen LogP) is 1.15. The lowest BCUT2D eigenvalue weighted by Crippen LogP contribution is -2.12. The zero-order valence-electron chi connectivity index (χ0n) is 10.2. The van der Waals surface area contributed by atoms with Gasteiger partial charge in [0.25, 0.3) is 11.2 Å². The summed E-state index contributed by atoms with van der Waals surface area (Å²) < 4.78 is 0. The number of nitro groups is 1. The van der Waals surface area contributed by atoms with Gasteiger partial charge in [0.15, 0.2) is 11.2 Å². The van der Waals surface area contributed by atoms with E-state index in [1.165, 1.54) is 18.5 Å². The van der Waals surface area contributed by atoms with Crippen LogP contribution in [0, 0.1) is 10.1 Å². The monoisotopic (exact) mass is 271 g/mol. The molecule has 0 atom stereocenters. The quantitative estimate of drug-likeness (QED) is 0.547. The van der Waals surface area contributed by atoms with Gasteiger partial charge in [-0.2, -0.15) is 4.98 Å². The van der Waals surface area contributed by atoms with E-state index in [0.717, 1.165) is 5.56 Å². The molecule has 3 rings (SSSR count). The smallest absolute Gasteiger partial charge is 0.298 e. The molecule has 8 nitrogen and oxygen atoms in total. The second kappa shape index (κ2) is 4.57. The maximum absolute atomic E-state index is 11.7. The third kappa shape index (κ3) is 2.14. The molecular weight excluding hydrogens is 262 g/mol. The number of aromatic amines is 2. The van der Waals surface area contributed by atoms with E-state index >= 15 is 0 Å². The van der Waals surface area contributed by atoms with Gasteiger partial charge in [-0.25, -0.2) is 4.98 Å². The van der Waals surface area contributed by atoms with Crippen LogP contribution in [0.1, 0.15) is 11.4 Å². The minimum atomic E-state index is -0.459. The summed E-state index contributed by atoms with van der Waals surface area (Å²) in [4.78, 5) is 35.4. The van der Waals surface area contributed by atoms with Gasteiger partial charge in [0.05, 0.1) is 11.3 Å². The molecule has 1 aromatic carbocycles. The fraction of sp³-hybridized carbons (Fsp3) is 0.0833. The molecule has 0 aliphatic rings. The molecule has 8 heteroatoms. The Kier molecular flexibility index (Phi) is 2.75. The number of fused-ring (bicyclic) bond motifs is 1. The number of nitrogens with one attached hydrogen (secondary N) is 2. The van der Waals surface area contributed by atoms with Gasteiger partial charge < -0.3 is 9.97 Å². The molecule has 0 unspecified atom stereocenters. The molecule has 0 fully saturated rings. The highest BCUT2D eigenvalue weighted by Gasteiger charge is 2.08. The first-order valence-corrected chi connectivity index (χ1v) is 5.79. The maximum Gasteiger partial charge on any atom is 0.298 e. The summed E-state index contributed by atoms with van der Waals surface area (Å²) in [7, 11) is 0. The van der Waals surface area contributed by atoms with E-state index in [1.54, 1.807) is 12.1 Å². The van der Waals surface area contributed by atoms with Crippen LogP contribution in [-0.4, -0.2) is 24.9 Å². The van der Waals surface area contributed by atoms with Crippen molar-refractivity contribution in [2.45, 2.75) is 6.42 Å². The molecule has 20 heavy (non-hydrogen) atoms. The summed E-state index contributed by atoms with van der Waals surface area (Å²) in [6.07, 6.45) is 1.79. The number of aromatic nitrogens is 4. The molecule has 0 aliphatic carbocycles. The van der Waals surface area contributed by atoms with Gasteiger partial charge in [0, 0.05) is 18.6 Å². The lowest BCUT2D eigenvalue weighted by atomic mass is 10.1. The van der Waals surface area contributed by atoms with Crippen molar-refractivity contribution in [2.75, 3.05) is 0 Å². The molecular formula is C12H9N5O3. The van der Waals surface area contributed by atoms with Crippen molar-refractivity contribution in [1.82, 2.24) is 19.9 Å². The second-order valence-electron chi connectivity index (χ2n) is 4.22. The highest BCUT2D eigenvalue weighted by molar-refractivity contribution is 5.68. The Bertz CT molecular complexity index is 834. The Morgan fingerprint density at radius 1 is 1.25 bits per heavy atom. The van der Waals surface area contributed by atoms with E-state index in [4.69, 9.17) is 0 Å². The molecule has 3 aromatic rings. The highest BCUT2D eigenvalue weighted by atomic mass is 16.6. The molecule has 2 N–H and O–H groups in total. The van der Waals surface area contributed by atoms with E-state index in [9.17, 15) is 14.9 Å². The minimum Gasteiger partial charge on any atom is -0.339 e. The van der Waals surface area contributed by atoms with Crippen LogP contribution in [0.5, 0.6) is 0 Å². The summed E-state index contributed by atoms with van der Waals surface area (Å²) in [5.74, 6) is 0.462. The van der Waals surface area contributed by atoms with Gasteiger partial charge in [0.1, 0.15) is 5.82 Å². The number of non-ortho nitro benzene ring substituents is 1. The summed E-state index contributed by atoms with van der Waals surface area (Å²) >= 11 is 0. The van der Waals surface area contributed by atoms with Crippen molar-refractivity contribution < 1.29 is 4.92 Å². The molecule has 0 saturated heterocycles. The molecule has 2 aromatic heterocycles. The van der Waals surface area contributed by atoms with Crippen molar-refractivity contribution in [2.24, 2.45) is 0 Å². The lowest BCUT2D eigenvalue weighted by molar-refractivity contribution is -0.384. The lowest BCUT2D eigenvalue weighted by Gasteiger charge is -2.01. The van der Waals surface area contributed by atoms with Crippen LogP contribution in [0.25, 0.3) is 11.2 Å². The van der Waals surface area contributed by atoms with Gasteiger partial charge in [-0.3, -0.25) is 14.9 Å². The van der Waals surface area contributed by atoms with Crippen LogP contribution in [-0.2, 0) is 6.42 Å². The first kappa shape index (κ1) is 12.0. The van der Waals surface area contributed by atoms with Gasteiger partial charge >= 0.3 is 0 Å². The third-order valence-corrected chi connectivity index (χ3v) is 2.87. The molecule has 0 bridgehead atoms. The Morgan fingerprint density at radius 3 is 2.70 bits per heavy atom. The number of hydrogen-bond acceptors (Lipinski definition) is 5. The number of nitro benzene ring substituents is 1. The van der Waals surface area contributed by atoms with Crippen molar-refractivity contribution in [3.05, 3.63) is 62.4 Å². The second-order valence-corrected chi connectivity index (χ2v) is 4.22. The van der Waals surface area contributed by atoms with Crippen LogP contribution < -0.4 is 5.56 Å². The number of rotatable bonds is 3.